The molecule has 0 aromatic heterocycles. The van der Waals surface area contributed by atoms with E-state index in [4.69, 9.17) is 26.6 Å². The minimum absolute atomic E-state index is 0.218. The highest BCUT2D eigenvalue weighted by atomic mass is 35.5. The SMILES string of the molecule is C=CC(=O)[O-].CC(O)C(Cl)[N+](C)(C)C. The molecule has 84 valence electrons. The van der Waals surface area contributed by atoms with Gasteiger partial charge < -0.3 is 19.5 Å². The number of hydrogen-bond acceptors (Lipinski definition) is 3. The quantitative estimate of drug-likeness (QED) is 0.306. The molecular weight excluding hydrogens is 206 g/mol. The molecule has 2 atom stereocenters. The van der Waals surface area contributed by atoms with Gasteiger partial charge in [-0.15, -0.1) is 0 Å². The number of aliphatic carboxylic acids is 1. The van der Waals surface area contributed by atoms with Crippen LogP contribution in [0.2, 0.25) is 0 Å². The van der Waals surface area contributed by atoms with Crippen molar-refractivity contribution in [1.82, 2.24) is 0 Å². The summed E-state index contributed by atoms with van der Waals surface area (Å²) in [5.74, 6) is -1.23. The molecule has 0 heterocycles. The minimum Gasteiger partial charge on any atom is -0.545 e. The fourth-order valence-electron chi connectivity index (χ4n) is 0.647. The van der Waals surface area contributed by atoms with Crippen molar-refractivity contribution in [3.8, 4) is 0 Å². The van der Waals surface area contributed by atoms with Gasteiger partial charge in [0.1, 0.15) is 6.10 Å². The number of hydrogen-bond donors (Lipinski definition) is 1. The number of carbonyl (C=O) groups excluding carboxylic acids is 1. The summed E-state index contributed by atoms with van der Waals surface area (Å²) in [6.07, 6.45) is 0.270. The fraction of sp³-hybridized carbons (Fsp3) is 0.667. The van der Waals surface area contributed by atoms with E-state index in [-0.39, 0.29) is 5.50 Å². The lowest BCUT2D eigenvalue weighted by molar-refractivity contribution is -0.885. The van der Waals surface area contributed by atoms with Crippen LogP contribution in [-0.2, 0) is 4.79 Å². The third-order valence-electron chi connectivity index (χ3n) is 1.30. The first kappa shape index (κ1) is 15.9. The maximum absolute atomic E-state index is 9.14. The number of nitrogens with zero attached hydrogens (tertiary/aromatic N) is 1. The van der Waals surface area contributed by atoms with Crippen molar-refractivity contribution in [1.29, 1.82) is 0 Å². The Kier molecular flexibility index (Phi) is 7.72. The predicted molar refractivity (Wildman–Crippen MR) is 54.6 cm³/mol. The van der Waals surface area contributed by atoms with Crippen molar-refractivity contribution in [2.24, 2.45) is 0 Å². The number of rotatable bonds is 3. The Labute approximate surface area is 90.0 Å². The largest absolute Gasteiger partial charge is 0.545 e. The summed E-state index contributed by atoms with van der Waals surface area (Å²) in [5, 5.41) is 18.1. The smallest absolute Gasteiger partial charge is 0.190 e. The van der Waals surface area contributed by atoms with Crippen molar-refractivity contribution in [2.75, 3.05) is 21.1 Å². The second-order valence-electron chi connectivity index (χ2n) is 3.75. The molecule has 0 aliphatic carbocycles. The molecule has 0 saturated heterocycles. The zero-order valence-corrected chi connectivity index (χ0v) is 9.78. The van der Waals surface area contributed by atoms with Crippen LogP contribution in [0.15, 0.2) is 12.7 Å². The molecule has 14 heavy (non-hydrogen) atoms. The number of aliphatic hydroxyl groups excluding tert-OH is 1. The lowest BCUT2D eigenvalue weighted by atomic mass is 10.3. The zero-order valence-electron chi connectivity index (χ0n) is 9.03. The molecule has 0 aliphatic heterocycles. The van der Waals surface area contributed by atoms with Crippen molar-refractivity contribution in [2.45, 2.75) is 18.5 Å². The van der Waals surface area contributed by atoms with E-state index in [0.29, 0.717) is 4.48 Å². The number of carbonyl (C=O) groups is 1. The Balaban J connectivity index is 0. The molecule has 0 rings (SSSR count). The van der Waals surface area contributed by atoms with E-state index < -0.39 is 12.1 Å². The van der Waals surface area contributed by atoms with Gasteiger partial charge in [0.2, 0.25) is 0 Å². The van der Waals surface area contributed by atoms with E-state index in [2.05, 4.69) is 6.58 Å². The number of alkyl halides is 1. The highest BCUT2D eigenvalue weighted by Gasteiger charge is 2.25. The average Bonchev–Trinajstić information content (AvgIpc) is 2.02. The zero-order chi connectivity index (χ0) is 11.9. The van der Waals surface area contributed by atoms with Gasteiger partial charge in [-0.1, -0.05) is 18.2 Å². The molecule has 0 aliphatic rings. The summed E-state index contributed by atoms with van der Waals surface area (Å²) < 4.78 is 0.583. The number of likely N-dealkylation sites (N-methyl/N-ethyl adjacent to an activating group) is 1. The molecule has 0 aromatic rings. The second kappa shape index (κ2) is 6.81. The molecule has 0 bridgehead atoms. The standard InChI is InChI=1S/C6H15ClNO.C3H4O2/c1-5(9)6(7)8(2,3)4;1-2-3(4)5/h5-6,9H,1-4H3;2H,1H2,(H,4,5)/q+1;/p-1. The maximum atomic E-state index is 9.14. The molecule has 0 spiro atoms. The van der Waals surface area contributed by atoms with Gasteiger partial charge >= 0.3 is 0 Å². The van der Waals surface area contributed by atoms with E-state index >= 15 is 0 Å². The van der Waals surface area contributed by atoms with Crippen LogP contribution in [0.5, 0.6) is 0 Å². The van der Waals surface area contributed by atoms with Crippen LogP contribution >= 0.6 is 11.6 Å². The normalized spacial score (nSPS) is 14.7. The molecular formula is C9H18ClNO3. The van der Waals surface area contributed by atoms with E-state index in [1.807, 2.05) is 21.1 Å². The fourth-order valence-corrected chi connectivity index (χ4v) is 0.647. The number of quaternary nitrogens is 1. The summed E-state index contributed by atoms with van der Waals surface area (Å²) in [6, 6.07) is 0. The molecule has 0 saturated carbocycles. The van der Waals surface area contributed by atoms with E-state index in [9.17, 15) is 0 Å². The highest BCUT2D eigenvalue weighted by molar-refractivity contribution is 6.19. The summed E-state index contributed by atoms with van der Waals surface area (Å²) in [6.45, 7) is 4.59. The van der Waals surface area contributed by atoms with Crippen LogP contribution in [0.3, 0.4) is 0 Å². The lowest BCUT2D eigenvalue weighted by Gasteiger charge is -2.31. The van der Waals surface area contributed by atoms with Gasteiger partial charge in [0.15, 0.2) is 5.50 Å². The van der Waals surface area contributed by atoms with Gasteiger partial charge in [-0.25, -0.2) is 0 Å². The number of halogens is 1. The number of carboxylic acid groups (broad SMARTS) is 1. The summed E-state index contributed by atoms with van der Waals surface area (Å²) in [7, 11) is 5.85. The molecule has 0 aromatic carbocycles. The average molecular weight is 224 g/mol. The van der Waals surface area contributed by atoms with Crippen LogP contribution in [0.4, 0.5) is 0 Å². The van der Waals surface area contributed by atoms with Gasteiger partial charge in [0.25, 0.3) is 0 Å². The summed E-state index contributed by atoms with van der Waals surface area (Å²) in [5.41, 5.74) is -0.218. The predicted octanol–water partition coefficient (Wildman–Crippen LogP) is -0.439. The van der Waals surface area contributed by atoms with Gasteiger partial charge in [-0.3, -0.25) is 0 Å². The monoisotopic (exact) mass is 223 g/mol. The minimum atomic E-state index is -1.23. The van der Waals surface area contributed by atoms with Gasteiger partial charge in [0.05, 0.1) is 27.1 Å². The summed E-state index contributed by atoms with van der Waals surface area (Å²) in [4.78, 5) is 9.14. The highest BCUT2D eigenvalue weighted by Crippen LogP contribution is 2.11. The summed E-state index contributed by atoms with van der Waals surface area (Å²) >= 11 is 5.81. The second-order valence-corrected chi connectivity index (χ2v) is 4.20. The number of carboxylic acids is 1. The maximum Gasteiger partial charge on any atom is 0.190 e. The van der Waals surface area contributed by atoms with Crippen molar-refractivity contribution in [3.63, 3.8) is 0 Å². The Morgan fingerprint density at radius 3 is 1.86 bits per heavy atom. The third kappa shape index (κ3) is 9.51. The van der Waals surface area contributed by atoms with Crippen molar-refractivity contribution >= 4 is 17.6 Å². The molecule has 0 fully saturated rings. The molecule has 4 nitrogen and oxygen atoms in total. The van der Waals surface area contributed by atoms with Crippen LogP contribution in [-0.4, -0.2) is 48.3 Å². The first-order chi connectivity index (χ1) is 6.12. The van der Waals surface area contributed by atoms with Crippen LogP contribution < -0.4 is 5.11 Å². The molecule has 5 heteroatoms. The Bertz CT molecular complexity index is 187. The third-order valence-corrected chi connectivity index (χ3v) is 2.25. The molecule has 2 unspecified atom stereocenters. The number of aliphatic hydroxyl groups is 1. The Morgan fingerprint density at radius 2 is 1.86 bits per heavy atom. The first-order valence-electron chi connectivity index (χ1n) is 4.09. The Hall–Kier alpha value is -0.580. The topological polar surface area (TPSA) is 60.4 Å². The molecule has 0 amide bonds. The van der Waals surface area contributed by atoms with Crippen LogP contribution in [0, 0.1) is 0 Å². The van der Waals surface area contributed by atoms with Crippen LogP contribution in [0.1, 0.15) is 6.92 Å². The van der Waals surface area contributed by atoms with E-state index in [1.165, 1.54) is 0 Å². The van der Waals surface area contributed by atoms with Gasteiger partial charge in [-0.2, -0.15) is 0 Å². The molecule has 0 radical (unpaired) electrons. The van der Waals surface area contributed by atoms with E-state index in [1.54, 1.807) is 6.92 Å². The van der Waals surface area contributed by atoms with Crippen molar-refractivity contribution in [3.05, 3.63) is 12.7 Å². The van der Waals surface area contributed by atoms with E-state index in [0.717, 1.165) is 6.08 Å². The lowest BCUT2D eigenvalue weighted by Crippen LogP contribution is -2.47. The Morgan fingerprint density at radius 1 is 1.57 bits per heavy atom. The van der Waals surface area contributed by atoms with Gasteiger partial charge in [-0.05, 0) is 13.0 Å². The molecule has 1 N–H and O–H groups in total. The van der Waals surface area contributed by atoms with Crippen molar-refractivity contribution < 1.29 is 19.5 Å². The first-order valence-corrected chi connectivity index (χ1v) is 4.53. The van der Waals surface area contributed by atoms with Crippen LogP contribution in [0.25, 0.3) is 0 Å². The van der Waals surface area contributed by atoms with Gasteiger partial charge in [0, 0.05) is 0 Å².